The van der Waals surface area contributed by atoms with Crippen LogP contribution in [0.25, 0.3) is 10.7 Å². The van der Waals surface area contributed by atoms with Gasteiger partial charge in [-0.05, 0) is 32.4 Å². The Balaban J connectivity index is 2.09. The maximum atomic E-state index is 12.0. The summed E-state index contributed by atoms with van der Waals surface area (Å²) < 4.78 is 8.81. The van der Waals surface area contributed by atoms with Crippen molar-refractivity contribution in [1.29, 1.82) is 0 Å². The van der Waals surface area contributed by atoms with Gasteiger partial charge < -0.3 is 4.74 Å². The first-order valence-corrected chi connectivity index (χ1v) is 8.31. The van der Waals surface area contributed by atoms with Gasteiger partial charge in [0.1, 0.15) is 11.3 Å². The van der Waals surface area contributed by atoms with Crippen LogP contribution in [0.5, 0.6) is 0 Å². The fourth-order valence-corrected chi connectivity index (χ4v) is 3.40. The predicted octanol–water partition coefficient (Wildman–Crippen LogP) is 3.17. The molecule has 23 heavy (non-hydrogen) atoms. The first-order chi connectivity index (χ1) is 11.2. The molecule has 0 N–H and O–H groups in total. The van der Waals surface area contributed by atoms with Crippen LogP contribution in [0.1, 0.15) is 34.9 Å². The Kier molecular flexibility index (Phi) is 4.29. The number of aryl methyl sites for hydroxylation is 1. The Bertz CT molecular complexity index is 817. The average Bonchev–Trinajstić information content (AvgIpc) is 3.25. The van der Waals surface area contributed by atoms with Crippen LogP contribution in [0.3, 0.4) is 0 Å². The summed E-state index contributed by atoms with van der Waals surface area (Å²) in [4.78, 5) is 17.5. The van der Waals surface area contributed by atoms with Gasteiger partial charge in [-0.15, -0.1) is 11.3 Å². The average molecular weight is 330 g/mol. The number of rotatable bonds is 5. The van der Waals surface area contributed by atoms with Crippen molar-refractivity contribution in [3.8, 4) is 10.7 Å². The van der Waals surface area contributed by atoms with E-state index in [9.17, 15) is 4.79 Å². The van der Waals surface area contributed by atoms with Crippen LogP contribution in [-0.2, 0) is 11.2 Å². The van der Waals surface area contributed by atoms with Gasteiger partial charge >= 0.3 is 5.97 Å². The molecule has 0 aliphatic heterocycles. The highest BCUT2D eigenvalue weighted by molar-refractivity contribution is 7.15. The normalized spacial score (nSPS) is 10.9. The number of carbonyl (C=O) groups is 1. The number of esters is 1. The SMILES string of the molecule is CCOC(=O)c1ncn(-c2cc(CC)sc2-n2cccn2)c1C. The maximum absolute atomic E-state index is 12.0. The Morgan fingerprint density at radius 1 is 1.39 bits per heavy atom. The Morgan fingerprint density at radius 2 is 2.22 bits per heavy atom. The Hall–Kier alpha value is -2.41. The predicted molar refractivity (Wildman–Crippen MR) is 88.6 cm³/mol. The molecule has 6 nitrogen and oxygen atoms in total. The smallest absolute Gasteiger partial charge is 0.358 e. The van der Waals surface area contributed by atoms with Crippen LogP contribution >= 0.6 is 11.3 Å². The highest BCUT2D eigenvalue weighted by Crippen LogP contribution is 2.31. The standard InChI is InChI=1S/C16H18N4O2S/c1-4-12-9-13(15(23-12)20-8-6-7-18-20)19-10-17-14(11(19)3)16(21)22-5-2/h6-10H,4-5H2,1-3H3. The summed E-state index contributed by atoms with van der Waals surface area (Å²) >= 11 is 1.68. The molecule has 0 saturated carbocycles. The van der Waals surface area contributed by atoms with Gasteiger partial charge in [0.2, 0.25) is 0 Å². The van der Waals surface area contributed by atoms with Gasteiger partial charge in [0.25, 0.3) is 0 Å². The van der Waals surface area contributed by atoms with Crippen LogP contribution in [-0.4, -0.2) is 31.9 Å². The van der Waals surface area contributed by atoms with Crippen molar-refractivity contribution in [2.24, 2.45) is 0 Å². The highest BCUT2D eigenvalue weighted by atomic mass is 32.1. The van der Waals surface area contributed by atoms with E-state index in [1.807, 2.05) is 28.4 Å². The zero-order chi connectivity index (χ0) is 16.4. The van der Waals surface area contributed by atoms with Gasteiger partial charge in [0.15, 0.2) is 5.69 Å². The monoisotopic (exact) mass is 330 g/mol. The van der Waals surface area contributed by atoms with E-state index >= 15 is 0 Å². The number of carbonyl (C=O) groups excluding carboxylic acids is 1. The van der Waals surface area contributed by atoms with Crippen LogP contribution in [0.2, 0.25) is 0 Å². The van der Waals surface area contributed by atoms with E-state index in [2.05, 4.69) is 23.1 Å². The lowest BCUT2D eigenvalue weighted by Gasteiger charge is -2.07. The zero-order valence-electron chi connectivity index (χ0n) is 13.3. The van der Waals surface area contributed by atoms with Crippen molar-refractivity contribution in [3.05, 3.63) is 47.1 Å². The lowest BCUT2D eigenvalue weighted by Crippen LogP contribution is -2.08. The van der Waals surface area contributed by atoms with Gasteiger partial charge in [-0.2, -0.15) is 5.10 Å². The molecule has 0 fully saturated rings. The molecule has 0 aliphatic rings. The van der Waals surface area contributed by atoms with Crippen LogP contribution < -0.4 is 0 Å². The summed E-state index contributed by atoms with van der Waals surface area (Å²) in [7, 11) is 0. The minimum atomic E-state index is -0.393. The van der Waals surface area contributed by atoms with Gasteiger partial charge in [-0.25, -0.2) is 14.5 Å². The number of hydrogen-bond acceptors (Lipinski definition) is 5. The molecule has 7 heteroatoms. The number of aromatic nitrogens is 4. The highest BCUT2D eigenvalue weighted by Gasteiger charge is 2.20. The molecule has 0 unspecified atom stereocenters. The molecule has 0 aromatic carbocycles. The molecular formula is C16H18N4O2S. The van der Waals surface area contributed by atoms with E-state index in [0.29, 0.717) is 12.3 Å². The maximum Gasteiger partial charge on any atom is 0.358 e. The van der Waals surface area contributed by atoms with E-state index in [4.69, 9.17) is 4.74 Å². The Labute approximate surface area is 138 Å². The van der Waals surface area contributed by atoms with E-state index in [-0.39, 0.29) is 0 Å². The van der Waals surface area contributed by atoms with Gasteiger partial charge in [0.05, 0.1) is 18.0 Å². The van der Waals surface area contributed by atoms with E-state index in [0.717, 1.165) is 22.8 Å². The molecule has 0 spiro atoms. The molecule has 0 bridgehead atoms. The molecule has 3 rings (SSSR count). The summed E-state index contributed by atoms with van der Waals surface area (Å²) in [6.07, 6.45) is 6.26. The molecule has 0 amide bonds. The molecule has 120 valence electrons. The van der Waals surface area contributed by atoms with Crippen molar-refractivity contribution in [2.75, 3.05) is 6.61 Å². The van der Waals surface area contributed by atoms with E-state index < -0.39 is 5.97 Å². The van der Waals surface area contributed by atoms with Crippen molar-refractivity contribution in [2.45, 2.75) is 27.2 Å². The topological polar surface area (TPSA) is 61.9 Å². The fraction of sp³-hybridized carbons (Fsp3) is 0.312. The first kappa shape index (κ1) is 15.5. The second-order valence-electron chi connectivity index (χ2n) is 4.98. The van der Waals surface area contributed by atoms with Gasteiger partial charge in [-0.1, -0.05) is 6.92 Å². The van der Waals surface area contributed by atoms with Gasteiger partial charge in [-0.3, -0.25) is 4.57 Å². The number of thiophene rings is 1. The number of imidazole rings is 1. The number of hydrogen-bond donors (Lipinski definition) is 0. The zero-order valence-corrected chi connectivity index (χ0v) is 14.1. The van der Waals surface area contributed by atoms with Crippen LogP contribution in [0.15, 0.2) is 30.9 Å². The van der Waals surface area contributed by atoms with E-state index in [1.54, 1.807) is 30.8 Å². The molecule has 3 heterocycles. The Morgan fingerprint density at radius 3 is 2.87 bits per heavy atom. The summed E-state index contributed by atoms with van der Waals surface area (Å²) in [5.74, 6) is -0.393. The van der Waals surface area contributed by atoms with Gasteiger partial charge in [0, 0.05) is 17.3 Å². The van der Waals surface area contributed by atoms with Crippen LogP contribution in [0, 0.1) is 6.92 Å². The molecular weight excluding hydrogens is 312 g/mol. The van der Waals surface area contributed by atoms with E-state index in [1.165, 1.54) is 4.88 Å². The molecule has 0 atom stereocenters. The molecule has 0 aliphatic carbocycles. The van der Waals surface area contributed by atoms with Crippen molar-refractivity contribution in [1.82, 2.24) is 19.3 Å². The third kappa shape index (κ3) is 2.79. The summed E-state index contributed by atoms with van der Waals surface area (Å²) in [6, 6.07) is 4.01. The summed E-state index contributed by atoms with van der Waals surface area (Å²) in [5.41, 5.74) is 2.08. The summed E-state index contributed by atoms with van der Waals surface area (Å²) in [6.45, 7) is 6.11. The minimum Gasteiger partial charge on any atom is -0.461 e. The quantitative estimate of drug-likeness (QED) is 0.674. The number of ether oxygens (including phenoxy) is 1. The molecule has 3 aromatic rings. The number of nitrogens with zero attached hydrogens (tertiary/aromatic N) is 4. The molecule has 3 aromatic heterocycles. The van der Waals surface area contributed by atoms with Crippen molar-refractivity contribution < 1.29 is 9.53 Å². The lowest BCUT2D eigenvalue weighted by atomic mass is 10.3. The minimum absolute atomic E-state index is 0.335. The van der Waals surface area contributed by atoms with Crippen molar-refractivity contribution >= 4 is 17.3 Å². The second kappa shape index (κ2) is 6.37. The first-order valence-electron chi connectivity index (χ1n) is 7.49. The molecule has 0 radical (unpaired) electrons. The van der Waals surface area contributed by atoms with Crippen LogP contribution in [0.4, 0.5) is 0 Å². The summed E-state index contributed by atoms with van der Waals surface area (Å²) in [5, 5.41) is 5.33. The largest absolute Gasteiger partial charge is 0.461 e. The molecule has 0 saturated heterocycles. The third-order valence-corrected chi connectivity index (χ3v) is 4.80. The van der Waals surface area contributed by atoms with Crippen molar-refractivity contribution in [3.63, 3.8) is 0 Å². The lowest BCUT2D eigenvalue weighted by molar-refractivity contribution is 0.0519. The third-order valence-electron chi connectivity index (χ3n) is 3.54. The second-order valence-corrected chi connectivity index (χ2v) is 6.09. The fourth-order valence-electron chi connectivity index (χ4n) is 2.37.